The van der Waals surface area contributed by atoms with Crippen LogP contribution in [0.25, 0.3) is 92.8 Å². The van der Waals surface area contributed by atoms with Crippen LogP contribution >= 0.6 is 0 Å². The van der Waals surface area contributed by atoms with Crippen LogP contribution in [0.5, 0.6) is 0 Å². The summed E-state index contributed by atoms with van der Waals surface area (Å²) in [5.74, 6) is 0. The molecule has 7 aromatic carbocycles. The van der Waals surface area contributed by atoms with E-state index in [9.17, 15) is 4.79 Å². The molecule has 1 aliphatic rings. The fourth-order valence-corrected chi connectivity index (χ4v) is 7.19. The molecule has 0 unspecified atom stereocenters. The summed E-state index contributed by atoms with van der Waals surface area (Å²) in [4.78, 5) is 18.8. The molecule has 2 aromatic heterocycles. The minimum absolute atomic E-state index is 0.00472. The van der Waals surface area contributed by atoms with Gasteiger partial charge in [-0.05, 0) is 84.2 Å². The van der Waals surface area contributed by atoms with Gasteiger partial charge in [-0.2, -0.15) is 0 Å². The highest BCUT2D eigenvalue weighted by atomic mass is 16.1. The molecule has 9 aromatic rings. The Labute approximate surface area is 209 Å². The van der Waals surface area contributed by atoms with Crippen LogP contribution in [-0.4, -0.2) is 9.38 Å². The number of hydrogen-bond donors (Lipinski definition) is 0. The predicted octanol–water partition coefficient (Wildman–Crippen LogP) is 8.14. The molecular weight excluding hydrogens is 452 g/mol. The van der Waals surface area contributed by atoms with Crippen molar-refractivity contribution >= 4 is 70.5 Å². The molecule has 0 radical (unpaired) electrons. The van der Waals surface area contributed by atoms with Crippen LogP contribution in [0, 0.1) is 0 Å². The maximum Gasteiger partial charge on any atom is 0.264 e. The Balaban J connectivity index is 1.49. The molecule has 10 rings (SSSR count). The fourth-order valence-electron chi connectivity index (χ4n) is 7.19. The van der Waals surface area contributed by atoms with Crippen LogP contribution in [0.2, 0.25) is 0 Å². The van der Waals surface area contributed by atoms with Crippen LogP contribution in [0.15, 0.2) is 102 Å². The van der Waals surface area contributed by atoms with Crippen LogP contribution < -0.4 is 5.56 Å². The summed E-state index contributed by atoms with van der Waals surface area (Å²) in [7, 11) is 0. The lowest BCUT2D eigenvalue weighted by atomic mass is 9.86. The zero-order chi connectivity index (χ0) is 24.0. The standard InChI is InChI=1S/C34H16N2O/c37-34-26-16-14-24-22-12-10-20-18-6-2-1-5-17(18)19-9-11-21(30(22)29(19)20)23-13-15-25(32(26)31(23)24)33-35-27-7-3-4-8-28(27)36(33)34/h1-16H. The zero-order valence-electron chi connectivity index (χ0n) is 19.5. The number of imidazole rings is 1. The van der Waals surface area contributed by atoms with Crippen LogP contribution in [0.1, 0.15) is 0 Å². The predicted molar refractivity (Wildman–Crippen MR) is 153 cm³/mol. The molecule has 0 bridgehead atoms. The lowest BCUT2D eigenvalue weighted by Crippen LogP contribution is -2.13. The van der Waals surface area contributed by atoms with Crippen molar-refractivity contribution in [3.05, 3.63) is 107 Å². The van der Waals surface area contributed by atoms with Gasteiger partial charge in [-0.15, -0.1) is 0 Å². The van der Waals surface area contributed by atoms with E-state index in [1.54, 1.807) is 4.40 Å². The van der Waals surface area contributed by atoms with Gasteiger partial charge in [-0.1, -0.05) is 72.8 Å². The van der Waals surface area contributed by atoms with E-state index >= 15 is 0 Å². The van der Waals surface area contributed by atoms with Gasteiger partial charge in [-0.3, -0.25) is 9.20 Å². The van der Waals surface area contributed by atoms with E-state index < -0.39 is 0 Å². The molecule has 0 spiro atoms. The number of hydrogen-bond acceptors (Lipinski definition) is 2. The van der Waals surface area contributed by atoms with Crippen molar-refractivity contribution in [3.63, 3.8) is 0 Å². The molecule has 0 fully saturated rings. The first-order valence-corrected chi connectivity index (χ1v) is 12.6. The minimum atomic E-state index is -0.00472. The molecule has 0 N–H and O–H groups in total. The highest BCUT2D eigenvalue weighted by molar-refractivity contribution is 6.40. The Morgan fingerprint density at radius 3 is 1.68 bits per heavy atom. The normalized spacial score (nSPS) is 13.0. The molecule has 0 aliphatic heterocycles. The average molecular weight is 469 g/mol. The van der Waals surface area contributed by atoms with Crippen molar-refractivity contribution in [2.75, 3.05) is 0 Å². The summed E-state index contributed by atoms with van der Waals surface area (Å²) in [5, 5.41) is 11.5. The molecule has 2 heterocycles. The molecular formula is C34H16N2O. The number of rotatable bonds is 0. The Kier molecular flexibility index (Phi) is 2.89. The first kappa shape index (κ1) is 18.3. The molecule has 1 aliphatic carbocycles. The van der Waals surface area contributed by atoms with Crippen molar-refractivity contribution < 1.29 is 0 Å². The number of fused-ring (bicyclic) bond motifs is 9. The fraction of sp³-hybridized carbons (Fsp3) is 0. The first-order valence-electron chi connectivity index (χ1n) is 12.6. The second-order valence-electron chi connectivity index (χ2n) is 10.3. The zero-order valence-corrected chi connectivity index (χ0v) is 19.5. The topological polar surface area (TPSA) is 34.4 Å². The summed E-state index contributed by atoms with van der Waals surface area (Å²) in [6.45, 7) is 0. The number of pyridine rings is 1. The summed E-state index contributed by atoms with van der Waals surface area (Å²) < 4.78 is 1.78. The van der Waals surface area contributed by atoms with Gasteiger partial charge in [0.25, 0.3) is 5.56 Å². The van der Waals surface area contributed by atoms with Crippen LogP contribution in [0.4, 0.5) is 0 Å². The van der Waals surface area contributed by atoms with Crippen molar-refractivity contribution in [2.24, 2.45) is 0 Å². The van der Waals surface area contributed by atoms with E-state index in [-0.39, 0.29) is 5.56 Å². The van der Waals surface area contributed by atoms with Crippen molar-refractivity contribution in [1.82, 2.24) is 9.38 Å². The van der Waals surface area contributed by atoms with E-state index in [1.807, 2.05) is 30.3 Å². The average Bonchev–Trinajstić information content (AvgIpc) is 3.50. The summed E-state index contributed by atoms with van der Waals surface area (Å²) >= 11 is 0. The first-order chi connectivity index (χ1) is 18.3. The molecule has 3 heteroatoms. The third-order valence-corrected chi connectivity index (χ3v) is 8.64. The molecule has 0 atom stereocenters. The van der Waals surface area contributed by atoms with Crippen molar-refractivity contribution in [1.29, 1.82) is 0 Å². The maximum absolute atomic E-state index is 13.9. The molecule has 3 nitrogen and oxygen atoms in total. The smallest absolute Gasteiger partial charge is 0.264 e. The van der Waals surface area contributed by atoms with E-state index in [2.05, 4.69) is 66.7 Å². The minimum Gasteiger partial charge on any atom is -0.268 e. The Hall–Kier alpha value is -5.02. The quantitative estimate of drug-likeness (QED) is 0.166. The Morgan fingerprint density at radius 1 is 0.459 bits per heavy atom. The lowest BCUT2D eigenvalue weighted by molar-refractivity contribution is 1.19. The van der Waals surface area contributed by atoms with Gasteiger partial charge >= 0.3 is 0 Å². The number of nitrogens with zero attached hydrogens (tertiary/aromatic N) is 2. The summed E-state index contributed by atoms with van der Waals surface area (Å²) in [6, 6.07) is 34.3. The molecule has 168 valence electrons. The van der Waals surface area contributed by atoms with E-state index in [1.165, 1.54) is 54.6 Å². The van der Waals surface area contributed by atoms with Gasteiger partial charge in [0.1, 0.15) is 5.65 Å². The third kappa shape index (κ3) is 1.90. The number of para-hydroxylation sites is 2. The van der Waals surface area contributed by atoms with Gasteiger partial charge in [0.05, 0.1) is 11.0 Å². The summed E-state index contributed by atoms with van der Waals surface area (Å²) in [5.41, 5.74) is 7.66. The molecule has 0 saturated heterocycles. The second kappa shape index (κ2) is 5.85. The monoisotopic (exact) mass is 468 g/mol. The largest absolute Gasteiger partial charge is 0.268 e. The Bertz CT molecular complexity index is 2460. The highest BCUT2D eigenvalue weighted by Crippen LogP contribution is 2.52. The Morgan fingerprint density at radius 2 is 0.973 bits per heavy atom. The summed E-state index contributed by atoms with van der Waals surface area (Å²) in [6.07, 6.45) is 0. The van der Waals surface area contributed by atoms with Crippen LogP contribution in [0.3, 0.4) is 0 Å². The van der Waals surface area contributed by atoms with Gasteiger partial charge in [0, 0.05) is 16.2 Å². The molecule has 37 heavy (non-hydrogen) atoms. The van der Waals surface area contributed by atoms with E-state index in [4.69, 9.17) is 4.98 Å². The molecule has 0 saturated carbocycles. The van der Waals surface area contributed by atoms with E-state index in [0.717, 1.165) is 38.2 Å². The SMILES string of the molecule is O=c1c2ccc3c4ccc5c6c(ccc(c7ccc(c2c37)c2nc3ccccc3n12)c64)-c1ccccc1-5. The van der Waals surface area contributed by atoms with Crippen molar-refractivity contribution in [3.8, 4) is 22.3 Å². The molecule has 0 amide bonds. The van der Waals surface area contributed by atoms with Gasteiger partial charge < -0.3 is 0 Å². The number of benzene rings is 7. The maximum atomic E-state index is 13.9. The van der Waals surface area contributed by atoms with E-state index in [0.29, 0.717) is 0 Å². The third-order valence-electron chi connectivity index (χ3n) is 8.64. The second-order valence-corrected chi connectivity index (χ2v) is 10.3. The van der Waals surface area contributed by atoms with Crippen LogP contribution in [-0.2, 0) is 0 Å². The number of aromatic nitrogens is 2. The van der Waals surface area contributed by atoms with Gasteiger partial charge in [0.2, 0.25) is 0 Å². The van der Waals surface area contributed by atoms with Gasteiger partial charge in [0.15, 0.2) is 0 Å². The van der Waals surface area contributed by atoms with Gasteiger partial charge in [-0.25, -0.2) is 4.98 Å². The lowest BCUT2D eigenvalue weighted by Gasteiger charge is -2.17. The highest BCUT2D eigenvalue weighted by Gasteiger charge is 2.26. The van der Waals surface area contributed by atoms with Crippen molar-refractivity contribution in [2.45, 2.75) is 0 Å².